The average Bonchev–Trinajstić information content (AvgIpc) is 2.65. The van der Waals surface area contributed by atoms with Gasteiger partial charge in [0.1, 0.15) is 5.39 Å². The molecule has 6 nitrogen and oxygen atoms in total. The number of hydrogen-bond donors (Lipinski definition) is 2. The second-order valence-corrected chi connectivity index (χ2v) is 3.36. The highest BCUT2D eigenvalue weighted by atomic mass is 16.5. The molecule has 0 aliphatic rings. The number of hydrogen-bond acceptors (Lipinski definition) is 5. The summed E-state index contributed by atoms with van der Waals surface area (Å²) in [6.45, 7) is 4.02. The van der Waals surface area contributed by atoms with Crippen LogP contribution in [-0.2, 0) is 0 Å². The number of nitrogens with two attached hydrogens (primary N) is 1. The standard InChI is InChI=1S/C9H13N5O/c1-3-5(2)15-8-6-4-11-14-7(6)12-9(10)13-8/h4-5H,3H2,1-2H3,(H3,10,11,12,13,14). The lowest BCUT2D eigenvalue weighted by atomic mass is 10.3. The summed E-state index contributed by atoms with van der Waals surface area (Å²) in [5.74, 6) is 0.672. The molecule has 3 N–H and O–H groups in total. The molecule has 0 fully saturated rings. The van der Waals surface area contributed by atoms with Crippen LogP contribution >= 0.6 is 0 Å². The van der Waals surface area contributed by atoms with Gasteiger partial charge < -0.3 is 10.5 Å². The normalized spacial score (nSPS) is 12.9. The lowest BCUT2D eigenvalue weighted by Gasteiger charge is -2.11. The van der Waals surface area contributed by atoms with Crippen molar-refractivity contribution in [3.05, 3.63) is 6.20 Å². The van der Waals surface area contributed by atoms with Gasteiger partial charge >= 0.3 is 0 Å². The van der Waals surface area contributed by atoms with Crippen molar-refractivity contribution in [3.8, 4) is 5.88 Å². The van der Waals surface area contributed by atoms with Crippen LogP contribution in [0, 0.1) is 0 Å². The Hall–Kier alpha value is -1.85. The van der Waals surface area contributed by atoms with Crippen LogP contribution in [0.5, 0.6) is 5.88 Å². The summed E-state index contributed by atoms with van der Waals surface area (Å²) in [5, 5.41) is 7.36. The Bertz CT molecular complexity index is 466. The molecule has 0 aromatic carbocycles. The number of nitrogens with one attached hydrogen (secondary N) is 1. The van der Waals surface area contributed by atoms with E-state index in [1.807, 2.05) is 13.8 Å². The van der Waals surface area contributed by atoms with Gasteiger partial charge in [0.25, 0.3) is 0 Å². The van der Waals surface area contributed by atoms with Crippen molar-refractivity contribution in [2.45, 2.75) is 26.4 Å². The molecule has 1 atom stereocenters. The fourth-order valence-electron chi connectivity index (χ4n) is 1.19. The second-order valence-electron chi connectivity index (χ2n) is 3.36. The van der Waals surface area contributed by atoms with Gasteiger partial charge in [-0.2, -0.15) is 15.1 Å². The minimum absolute atomic E-state index is 0.0948. The molecule has 2 rings (SSSR count). The van der Waals surface area contributed by atoms with Crippen molar-refractivity contribution in [1.29, 1.82) is 0 Å². The Morgan fingerprint density at radius 1 is 1.53 bits per heavy atom. The maximum absolute atomic E-state index is 5.62. The lowest BCUT2D eigenvalue weighted by Crippen LogP contribution is -2.12. The molecule has 6 heteroatoms. The van der Waals surface area contributed by atoms with Gasteiger partial charge in [0.2, 0.25) is 11.8 Å². The van der Waals surface area contributed by atoms with E-state index in [0.717, 1.165) is 11.8 Å². The van der Waals surface area contributed by atoms with Crippen molar-refractivity contribution in [1.82, 2.24) is 20.2 Å². The first kappa shape index (κ1) is 9.70. The molecule has 0 aliphatic carbocycles. The van der Waals surface area contributed by atoms with Crippen LogP contribution in [0.4, 0.5) is 5.95 Å². The van der Waals surface area contributed by atoms with E-state index >= 15 is 0 Å². The van der Waals surface area contributed by atoms with E-state index in [2.05, 4.69) is 20.2 Å². The molecule has 0 saturated carbocycles. The van der Waals surface area contributed by atoms with Crippen molar-refractivity contribution < 1.29 is 4.74 Å². The minimum Gasteiger partial charge on any atom is -0.474 e. The van der Waals surface area contributed by atoms with E-state index in [9.17, 15) is 0 Å². The fourth-order valence-corrected chi connectivity index (χ4v) is 1.19. The van der Waals surface area contributed by atoms with E-state index in [1.54, 1.807) is 6.20 Å². The second kappa shape index (κ2) is 3.72. The molecule has 0 radical (unpaired) electrons. The first-order valence-electron chi connectivity index (χ1n) is 4.84. The Kier molecular flexibility index (Phi) is 2.40. The zero-order chi connectivity index (χ0) is 10.8. The smallest absolute Gasteiger partial charge is 0.229 e. The van der Waals surface area contributed by atoms with Gasteiger partial charge in [0, 0.05) is 0 Å². The summed E-state index contributed by atoms with van der Waals surface area (Å²) in [4.78, 5) is 8.04. The van der Waals surface area contributed by atoms with Gasteiger partial charge in [-0.05, 0) is 13.3 Å². The van der Waals surface area contributed by atoms with Crippen LogP contribution in [0.25, 0.3) is 11.0 Å². The quantitative estimate of drug-likeness (QED) is 0.786. The number of H-pyrrole nitrogens is 1. The molecule has 0 saturated heterocycles. The molecular weight excluding hydrogens is 194 g/mol. The molecule has 2 aromatic heterocycles. The van der Waals surface area contributed by atoms with Crippen molar-refractivity contribution in [2.24, 2.45) is 0 Å². The van der Waals surface area contributed by atoms with Gasteiger partial charge in [0.05, 0.1) is 12.3 Å². The molecule has 15 heavy (non-hydrogen) atoms. The predicted molar refractivity (Wildman–Crippen MR) is 56.5 cm³/mol. The van der Waals surface area contributed by atoms with Crippen molar-refractivity contribution in [3.63, 3.8) is 0 Å². The third kappa shape index (κ3) is 1.83. The maximum atomic E-state index is 5.62. The zero-order valence-electron chi connectivity index (χ0n) is 8.69. The Morgan fingerprint density at radius 3 is 3.07 bits per heavy atom. The molecule has 0 aliphatic heterocycles. The van der Waals surface area contributed by atoms with Crippen LogP contribution in [0.15, 0.2) is 6.20 Å². The van der Waals surface area contributed by atoms with Gasteiger partial charge in [-0.25, -0.2) is 0 Å². The third-order valence-corrected chi connectivity index (χ3v) is 2.18. The Labute approximate surface area is 86.9 Å². The summed E-state index contributed by atoms with van der Waals surface area (Å²) >= 11 is 0. The van der Waals surface area contributed by atoms with Crippen LogP contribution in [0.3, 0.4) is 0 Å². The van der Waals surface area contributed by atoms with E-state index in [0.29, 0.717) is 11.5 Å². The predicted octanol–water partition coefficient (Wildman–Crippen LogP) is 1.11. The number of nitrogens with zero attached hydrogens (tertiary/aromatic N) is 3. The average molecular weight is 207 g/mol. The van der Waals surface area contributed by atoms with Gasteiger partial charge in [-0.3, -0.25) is 5.10 Å². The minimum atomic E-state index is 0.0948. The molecule has 0 bridgehead atoms. The van der Waals surface area contributed by atoms with E-state index in [-0.39, 0.29) is 12.1 Å². The summed E-state index contributed by atoms with van der Waals surface area (Å²) in [6.07, 6.45) is 2.63. The maximum Gasteiger partial charge on any atom is 0.229 e. The highest BCUT2D eigenvalue weighted by Crippen LogP contribution is 2.22. The van der Waals surface area contributed by atoms with Gasteiger partial charge in [-0.1, -0.05) is 6.92 Å². The number of fused-ring (bicyclic) bond motifs is 1. The largest absolute Gasteiger partial charge is 0.474 e. The van der Waals surface area contributed by atoms with Gasteiger partial charge in [0.15, 0.2) is 5.65 Å². The van der Waals surface area contributed by atoms with Crippen molar-refractivity contribution >= 4 is 17.0 Å². The van der Waals surface area contributed by atoms with Crippen molar-refractivity contribution in [2.75, 3.05) is 5.73 Å². The molecule has 80 valence electrons. The Balaban J connectivity index is 2.44. The first-order chi connectivity index (χ1) is 7.20. The molecule has 2 heterocycles. The molecule has 0 spiro atoms. The molecule has 1 unspecified atom stereocenters. The Morgan fingerprint density at radius 2 is 2.33 bits per heavy atom. The van der Waals surface area contributed by atoms with Crippen LogP contribution in [-0.4, -0.2) is 26.3 Å². The van der Waals surface area contributed by atoms with Crippen LogP contribution in [0.2, 0.25) is 0 Å². The molecule has 2 aromatic rings. The SMILES string of the molecule is CCC(C)Oc1nc(N)nc2[nH]ncc12. The summed E-state index contributed by atoms with van der Waals surface area (Å²) < 4.78 is 5.62. The van der Waals surface area contributed by atoms with E-state index < -0.39 is 0 Å². The monoisotopic (exact) mass is 207 g/mol. The lowest BCUT2D eigenvalue weighted by molar-refractivity contribution is 0.212. The molecular formula is C9H13N5O. The zero-order valence-corrected chi connectivity index (χ0v) is 8.69. The topological polar surface area (TPSA) is 89.7 Å². The van der Waals surface area contributed by atoms with Gasteiger partial charge in [-0.15, -0.1) is 0 Å². The number of ether oxygens (including phenoxy) is 1. The van der Waals surface area contributed by atoms with E-state index in [4.69, 9.17) is 10.5 Å². The number of rotatable bonds is 3. The van der Waals surface area contributed by atoms with Crippen LogP contribution in [0.1, 0.15) is 20.3 Å². The number of aromatic amines is 1. The summed E-state index contributed by atoms with van der Waals surface area (Å²) in [6, 6.07) is 0. The number of anilines is 1. The summed E-state index contributed by atoms with van der Waals surface area (Å²) in [5.41, 5.74) is 6.15. The highest BCUT2D eigenvalue weighted by molar-refractivity contribution is 5.80. The van der Waals surface area contributed by atoms with Crippen LogP contribution < -0.4 is 10.5 Å². The number of aromatic nitrogens is 4. The number of nitrogen functional groups attached to an aromatic ring is 1. The fraction of sp³-hybridized carbons (Fsp3) is 0.444. The highest BCUT2D eigenvalue weighted by Gasteiger charge is 2.11. The van der Waals surface area contributed by atoms with E-state index in [1.165, 1.54) is 0 Å². The molecule has 0 amide bonds. The summed E-state index contributed by atoms with van der Waals surface area (Å²) in [7, 11) is 0. The third-order valence-electron chi connectivity index (χ3n) is 2.18. The first-order valence-corrected chi connectivity index (χ1v) is 4.84.